The maximum atomic E-state index is 9.16. The van der Waals surface area contributed by atoms with Gasteiger partial charge >= 0.3 is 0 Å². The van der Waals surface area contributed by atoms with E-state index >= 15 is 0 Å². The van der Waals surface area contributed by atoms with Crippen molar-refractivity contribution in [3.8, 4) is 11.8 Å². The molecule has 0 saturated heterocycles. The van der Waals surface area contributed by atoms with Gasteiger partial charge in [-0.2, -0.15) is 10.4 Å². The van der Waals surface area contributed by atoms with Crippen molar-refractivity contribution in [2.45, 2.75) is 6.29 Å². The molecule has 0 aliphatic carbocycles. The maximum absolute atomic E-state index is 9.16. The van der Waals surface area contributed by atoms with Crippen molar-refractivity contribution in [2.75, 3.05) is 0 Å². The fourth-order valence-corrected chi connectivity index (χ4v) is 1.41. The van der Waals surface area contributed by atoms with Crippen LogP contribution in [0.4, 0.5) is 0 Å². The highest BCUT2D eigenvalue weighted by Gasteiger charge is 2.14. The monoisotopic (exact) mass is 215 g/mol. The van der Waals surface area contributed by atoms with Crippen molar-refractivity contribution in [3.63, 3.8) is 0 Å². The van der Waals surface area contributed by atoms with E-state index in [0.717, 1.165) is 0 Å². The fraction of sp³-hybridized carbons (Fsp3) is 0.0909. The summed E-state index contributed by atoms with van der Waals surface area (Å²) in [4.78, 5) is 0. The summed E-state index contributed by atoms with van der Waals surface area (Å²) in [6.45, 7) is 0. The number of aliphatic hydroxyl groups excluding tert-OH is 1. The number of rotatable bonds is 2. The number of aromatic nitrogens is 2. The summed E-state index contributed by atoms with van der Waals surface area (Å²) < 4.78 is 1.34. The topological polar surface area (TPSA) is 82.1 Å². The van der Waals surface area contributed by atoms with Crippen LogP contribution in [0.15, 0.2) is 36.4 Å². The lowest BCUT2D eigenvalue weighted by Gasteiger charge is -2.07. The van der Waals surface area contributed by atoms with Crippen molar-refractivity contribution < 1.29 is 10.2 Å². The van der Waals surface area contributed by atoms with Gasteiger partial charge in [-0.05, 0) is 12.1 Å². The maximum Gasteiger partial charge on any atom is 0.196 e. The summed E-state index contributed by atoms with van der Waals surface area (Å²) in [5.74, 6) is 0. The second-order valence-corrected chi connectivity index (χ2v) is 3.19. The lowest BCUT2D eigenvalue weighted by atomic mass is 10.3. The minimum Gasteiger partial charge on any atom is -0.363 e. The van der Waals surface area contributed by atoms with Gasteiger partial charge in [0.1, 0.15) is 11.8 Å². The van der Waals surface area contributed by atoms with Gasteiger partial charge in [0.25, 0.3) is 0 Å². The Morgan fingerprint density at radius 3 is 2.50 bits per heavy atom. The Balaban J connectivity index is 2.56. The van der Waals surface area contributed by atoms with E-state index in [9.17, 15) is 0 Å². The van der Waals surface area contributed by atoms with Crippen molar-refractivity contribution in [2.24, 2.45) is 0 Å². The Morgan fingerprint density at radius 2 is 1.94 bits per heavy atom. The minimum absolute atomic E-state index is 0.145. The molecule has 0 spiro atoms. The summed E-state index contributed by atoms with van der Waals surface area (Å²) in [6, 6.07) is 12.2. The molecule has 2 N–H and O–H groups in total. The molecule has 0 bridgehead atoms. The number of nitriles is 1. The average Bonchev–Trinajstić information content (AvgIpc) is 2.74. The van der Waals surface area contributed by atoms with Crippen molar-refractivity contribution in [1.82, 2.24) is 9.78 Å². The van der Waals surface area contributed by atoms with E-state index in [4.69, 9.17) is 15.5 Å². The molecular formula is C11H9N3O2. The molecule has 0 saturated carbocycles. The molecule has 5 nitrogen and oxygen atoms in total. The lowest BCUT2D eigenvalue weighted by Crippen LogP contribution is -2.06. The Bertz CT molecular complexity index is 526. The standard InChI is InChI=1S/C11H9N3O2/c12-7-8-6-10(11(15)16)14(13-8)9-4-2-1-3-5-9/h1-6,11,15-16H. The van der Waals surface area contributed by atoms with Crippen LogP contribution < -0.4 is 0 Å². The Morgan fingerprint density at radius 1 is 1.25 bits per heavy atom. The molecule has 80 valence electrons. The van der Waals surface area contributed by atoms with E-state index in [2.05, 4.69) is 5.10 Å². The van der Waals surface area contributed by atoms with Crippen LogP contribution in [-0.4, -0.2) is 20.0 Å². The summed E-state index contributed by atoms with van der Waals surface area (Å²) in [6.07, 6.45) is -1.66. The molecule has 0 amide bonds. The number of benzene rings is 1. The SMILES string of the molecule is N#Cc1cc(C(O)O)n(-c2ccccc2)n1. The molecule has 16 heavy (non-hydrogen) atoms. The number of hydrogen-bond acceptors (Lipinski definition) is 4. The van der Waals surface area contributed by atoms with Crippen molar-refractivity contribution >= 4 is 0 Å². The van der Waals surface area contributed by atoms with Crippen molar-refractivity contribution in [1.29, 1.82) is 5.26 Å². The third-order valence-electron chi connectivity index (χ3n) is 2.12. The van der Waals surface area contributed by atoms with Crippen LogP contribution in [0.3, 0.4) is 0 Å². The zero-order chi connectivity index (χ0) is 11.5. The molecule has 5 heteroatoms. The highest BCUT2D eigenvalue weighted by Crippen LogP contribution is 2.16. The smallest absolute Gasteiger partial charge is 0.196 e. The first kappa shape index (κ1) is 10.4. The summed E-state index contributed by atoms with van der Waals surface area (Å²) in [7, 11) is 0. The Kier molecular flexibility index (Phi) is 2.68. The van der Waals surface area contributed by atoms with E-state index in [1.54, 1.807) is 24.3 Å². The number of para-hydroxylation sites is 1. The van der Waals surface area contributed by atoms with E-state index in [1.807, 2.05) is 12.1 Å². The summed E-state index contributed by atoms with van der Waals surface area (Å²) >= 11 is 0. The van der Waals surface area contributed by atoms with Gasteiger partial charge in [-0.3, -0.25) is 0 Å². The van der Waals surface area contributed by atoms with E-state index in [0.29, 0.717) is 5.69 Å². The first-order valence-corrected chi connectivity index (χ1v) is 4.64. The van der Waals surface area contributed by atoms with Gasteiger partial charge in [-0.25, -0.2) is 4.68 Å². The van der Waals surface area contributed by atoms with Gasteiger partial charge in [-0.15, -0.1) is 0 Å². The number of aliphatic hydroxyl groups is 2. The Hall–Kier alpha value is -2.16. The predicted molar refractivity (Wildman–Crippen MR) is 55.5 cm³/mol. The summed E-state index contributed by atoms with van der Waals surface area (Å²) in [5, 5.41) is 31.0. The van der Waals surface area contributed by atoms with Crippen LogP contribution in [0.5, 0.6) is 0 Å². The molecular weight excluding hydrogens is 206 g/mol. The third-order valence-corrected chi connectivity index (χ3v) is 2.12. The van der Waals surface area contributed by atoms with Crippen LogP contribution in [0, 0.1) is 11.3 Å². The molecule has 0 atom stereocenters. The zero-order valence-corrected chi connectivity index (χ0v) is 8.28. The third kappa shape index (κ3) is 1.80. The molecule has 0 unspecified atom stereocenters. The van der Waals surface area contributed by atoms with Gasteiger partial charge in [0, 0.05) is 6.07 Å². The molecule has 0 fully saturated rings. The number of nitrogens with zero attached hydrogens (tertiary/aromatic N) is 3. The van der Waals surface area contributed by atoms with Gasteiger partial charge in [0.15, 0.2) is 12.0 Å². The van der Waals surface area contributed by atoms with Gasteiger partial charge in [0.2, 0.25) is 0 Å². The largest absolute Gasteiger partial charge is 0.363 e. The van der Waals surface area contributed by atoms with Crippen molar-refractivity contribution in [3.05, 3.63) is 47.8 Å². The van der Waals surface area contributed by atoms with E-state index in [1.165, 1.54) is 10.7 Å². The number of hydrogen-bond donors (Lipinski definition) is 2. The molecule has 0 aliphatic heterocycles. The van der Waals surface area contributed by atoms with Gasteiger partial charge in [-0.1, -0.05) is 18.2 Å². The fourth-order valence-electron chi connectivity index (χ4n) is 1.41. The lowest BCUT2D eigenvalue weighted by molar-refractivity contribution is -0.0475. The molecule has 2 rings (SSSR count). The first-order valence-electron chi connectivity index (χ1n) is 4.64. The first-order chi connectivity index (χ1) is 7.72. The van der Waals surface area contributed by atoms with Gasteiger partial charge in [0.05, 0.1) is 5.69 Å². The molecule has 0 aliphatic rings. The molecule has 1 aromatic heterocycles. The van der Waals surface area contributed by atoms with Gasteiger partial charge < -0.3 is 10.2 Å². The predicted octanol–water partition coefficient (Wildman–Crippen LogP) is 0.727. The van der Waals surface area contributed by atoms with Crippen LogP contribution in [0.25, 0.3) is 5.69 Å². The highest BCUT2D eigenvalue weighted by molar-refractivity contribution is 5.35. The normalized spacial score (nSPS) is 10.4. The highest BCUT2D eigenvalue weighted by atomic mass is 16.5. The zero-order valence-electron chi connectivity index (χ0n) is 8.28. The van der Waals surface area contributed by atoms with Crippen LogP contribution in [0.2, 0.25) is 0 Å². The molecule has 1 heterocycles. The van der Waals surface area contributed by atoms with Crippen LogP contribution in [-0.2, 0) is 0 Å². The second-order valence-electron chi connectivity index (χ2n) is 3.19. The molecule has 1 aromatic carbocycles. The quantitative estimate of drug-likeness (QED) is 0.723. The Labute approximate surface area is 91.8 Å². The average molecular weight is 215 g/mol. The van der Waals surface area contributed by atoms with E-state index < -0.39 is 6.29 Å². The van der Waals surface area contributed by atoms with Crippen LogP contribution >= 0.6 is 0 Å². The molecule has 0 radical (unpaired) electrons. The molecule has 2 aromatic rings. The second kappa shape index (κ2) is 4.14. The van der Waals surface area contributed by atoms with Crippen LogP contribution in [0.1, 0.15) is 17.7 Å². The minimum atomic E-state index is -1.66. The summed E-state index contributed by atoms with van der Waals surface area (Å²) in [5.41, 5.74) is 0.988. The van der Waals surface area contributed by atoms with E-state index in [-0.39, 0.29) is 11.4 Å².